The summed E-state index contributed by atoms with van der Waals surface area (Å²) in [5.74, 6) is -0.314. The minimum Gasteiger partial charge on any atom is -0.462 e. The van der Waals surface area contributed by atoms with Gasteiger partial charge in [-0.15, -0.1) is 0 Å². The number of ether oxygens (including phenoxy) is 4. The molecule has 2 aliphatic rings. The lowest BCUT2D eigenvalue weighted by molar-refractivity contribution is -0.305. The molecule has 3 aromatic rings. The third kappa shape index (κ3) is 5.56. The summed E-state index contributed by atoms with van der Waals surface area (Å²) in [6, 6.07) is 6.87. The zero-order valence-electron chi connectivity index (χ0n) is 24.0. The highest BCUT2D eigenvalue weighted by Crippen LogP contribution is 2.39. The van der Waals surface area contributed by atoms with Crippen LogP contribution in [0.1, 0.15) is 35.6 Å². The molecule has 11 nitrogen and oxygen atoms in total. The lowest BCUT2D eigenvalue weighted by atomic mass is 9.89. The number of piperazine rings is 1. The van der Waals surface area contributed by atoms with Gasteiger partial charge >= 0.3 is 11.6 Å². The first-order chi connectivity index (χ1) is 19.4. The van der Waals surface area contributed by atoms with Crippen molar-refractivity contribution in [3.05, 3.63) is 56.7 Å². The Morgan fingerprint density at radius 3 is 2.49 bits per heavy atom. The number of H-pyrrole nitrogens is 1. The molecule has 0 amide bonds. The number of aliphatic hydroxyl groups is 1. The zero-order chi connectivity index (χ0) is 29.6. The number of nitrogens with one attached hydrogen (secondary N) is 1. The zero-order valence-corrected chi connectivity index (χ0v) is 24.8. The number of methoxy groups -OCH3 is 1. The van der Waals surface area contributed by atoms with Crippen molar-refractivity contribution in [2.75, 3.05) is 45.2 Å². The molecule has 2 aliphatic heterocycles. The van der Waals surface area contributed by atoms with Crippen LogP contribution in [-0.2, 0) is 14.2 Å². The second-order valence-electron chi connectivity index (χ2n) is 11.2. The van der Waals surface area contributed by atoms with Gasteiger partial charge in [0.2, 0.25) is 6.29 Å². The lowest BCUT2D eigenvalue weighted by Gasteiger charge is -2.47. The fourth-order valence-electron chi connectivity index (χ4n) is 5.56. The van der Waals surface area contributed by atoms with E-state index in [2.05, 4.69) is 21.8 Å². The van der Waals surface area contributed by atoms with Crippen LogP contribution in [0, 0.1) is 13.8 Å². The molecule has 0 aliphatic carbocycles. The summed E-state index contributed by atoms with van der Waals surface area (Å²) in [6.07, 6.45) is -4.53. The normalized spacial score (nSPS) is 24.9. The standard InChI is InChI=1S/C29H36ClN3O8/c1-15-7-9-18(31-15)26(35)40-24-22(34)28(41-29(3,4)25(24)37-6)38-19-10-8-17-21(33-13-11-32(5)12-14-33)20(30)27(36)39-23(17)16(19)2/h7-10,22,24-25,28,31,34H,11-14H2,1-6H3/t22-,24+,25-,28-/m1/s1. The van der Waals surface area contributed by atoms with Crippen molar-refractivity contribution in [3.8, 4) is 5.75 Å². The van der Waals surface area contributed by atoms with E-state index in [1.165, 1.54) is 7.11 Å². The van der Waals surface area contributed by atoms with Gasteiger partial charge in [0, 0.05) is 49.9 Å². The van der Waals surface area contributed by atoms with Crippen molar-refractivity contribution in [2.45, 2.75) is 57.9 Å². The first kappa shape index (κ1) is 29.4. The van der Waals surface area contributed by atoms with Crippen molar-refractivity contribution in [1.29, 1.82) is 0 Å². The van der Waals surface area contributed by atoms with Crippen LogP contribution in [0.5, 0.6) is 5.75 Å². The van der Waals surface area contributed by atoms with Gasteiger partial charge in [0.25, 0.3) is 0 Å². The molecule has 0 saturated carbocycles. The quantitative estimate of drug-likeness (QED) is 0.327. The molecule has 0 spiro atoms. The van der Waals surface area contributed by atoms with E-state index in [1.807, 2.05) is 6.92 Å². The molecule has 2 N–H and O–H groups in total. The van der Waals surface area contributed by atoms with E-state index >= 15 is 0 Å². The predicted molar refractivity (Wildman–Crippen MR) is 153 cm³/mol. The number of aliphatic hydroxyl groups excluding tert-OH is 1. The van der Waals surface area contributed by atoms with Crippen LogP contribution < -0.4 is 15.3 Å². The van der Waals surface area contributed by atoms with Crippen LogP contribution in [-0.4, -0.2) is 91.5 Å². The number of fused-ring (bicyclic) bond motifs is 1. The summed E-state index contributed by atoms with van der Waals surface area (Å²) in [7, 11) is 3.51. The maximum absolute atomic E-state index is 12.9. The highest BCUT2D eigenvalue weighted by molar-refractivity contribution is 6.34. The van der Waals surface area contributed by atoms with Crippen LogP contribution in [0.2, 0.25) is 5.02 Å². The maximum Gasteiger partial charge on any atom is 0.357 e. The number of aromatic nitrogens is 1. The summed E-state index contributed by atoms with van der Waals surface area (Å²) in [4.78, 5) is 32.9. The van der Waals surface area contributed by atoms with Crippen molar-refractivity contribution < 1.29 is 33.3 Å². The Morgan fingerprint density at radius 2 is 1.85 bits per heavy atom. The molecule has 0 radical (unpaired) electrons. The molecule has 0 unspecified atom stereocenters. The van der Waals surface area contributed by atoms with Crippen LogP contribution in [0.15, 0.2) is 33.5 Å². The molecule has 2 aromatic heterocycles. The highest BCUT2D eigenvalue weighted by Gasteiger charge is 2.53. The molecule has 2 fully saturated rings. The fraction of sp³-hybridized carbons (Fsp3) is 0.517. The smallest absolute Gasteiger partial charge is 0.357 e. The molecule has 1 aromatic carbocycles. The molecule has 2 saturated heterocycles. The van der Waals surface area contributed by atoms with Gasteiger partial charge in [-0.25, -0.2) is 9.59 Å². The van der Waals surface area contributed by atoms with Gasteiger partial charge in [0.05, 0.1) is 11.3 Å². The molecular formula is C29H36ClN3O8. The SMILES string of the molecule is CO[C@@H]1[C@@H](OC(=O)c2ccc(C)[nH]2)[C@@H](O)[C@H](Oc2ccc3c(N4CCN(C)CC4)c(Cl)c(=O)oc3c2C)OC1(C)C. The average Bonchev–Trinajstić information content (AvgIpc) is 3.36. The molecule has 222 valence electrons. The number of hydrogen-bond donors (Lipinski definition) is 2. The van der Waals surface area contributed by atoms with Gasteiger partial charge < -0.3 is 43.3 Å². The van der Waals surface area contributed by atoms with E-state index in [1.54, 1.807) is 45.0 Å². The third-order valence-electron chi connectivity index (χ3n) is 7.82. The number of halogens is 1. The third-order valence-corrected chi connectivity index (χ3v) is 8.16. The van der Waals surface area contributed by atoms with Crippen LogP contribution in [0.4, 0.5) is 5.69 Å². The number of benzene rings is 1. The van der Waals surface area contributed by atoms with E-state index in [4.69, 9.17) is 35.0 Å². The Kier molecular flexibility index (Phi) is 8.10. The highest BCUT2D eigenvalue weighted by atomic mass is 35.5. The number of carbonyl (C=O) groups excluding carboxylic acids is 1. The van der Waals surface area contributed by atoms with Gasteiger partial charge in [-0.05, 0) is 59.0 Å². The second-order valence-corrected chi connectivity index (χ2v) is 11.6. The summed E-state index contributed by atoms with van der Waals surface area (Å²) in [6.45, 7) is 10.2. The van der Waals surface area contributed by atoms with E-state index in [0.717, 1.165) is 18.8 Å². The summed E-state index contributed by atoms with van der Waals surface area (Å²) in [5, 5.41) is 12.0. The van der Waals surface area contributed by atoms with Crippen molar-refractivity contribution in [2.24, 2.45) is 0 Å². The van der Waals surface area contributed by atoms with Crippen molar-refractivity contribution in [1.82, 2.24) is 9.88 Å². The number of carbonyl (C=O) groups is 1. The molecule has 4 atom stereocenters. The van der Waals surface area contributed by atoms with Crippen LogP contribution in [0.25, 0.3) is 11.0 Å². The molecule has 0 bridgehead atoms. The molecule has 41 heavy (non-hydrogen) atoms. The Labute approximate surface area is 242 Å². The van der Waals surface area contributed by atoms with Gasteiger partial charge in [0.15, 0.2) is 12.2 Å². The van der Waals surface area contributed by atoms with Gasteiger partial charge in [-0.1, -0.05) is 11.6 Å². The minimum atomic E-state index is -1.40. The number of esters is 1. The topological polar surface area (TPSA) is 127 Å². The van der Waals surface area contributed by atoms with Crippen LogP contribution >= 0.6 is 11.6 Å². The van der Waals surface area contributed by atoms with E-state index < -0.39 is 41.8 Å². The predicted octanol–water partition coefficient (Wildman–Crippen LogP) is 3.26. The number of hydrogen-bond acceptors (Lipinski definition) is 10. The Hall–Kier alpha value is -3.09. The lowest BCUT2D eigenvalue weighted by Crippen LogP contribution is -2.65. The Balaban J connectivity index is 1.46. The summed E-state index contributed by atoms with van der Waals surface area (Å²) >= 11 is 6.47. The first-order valence-electron chi connectivity index (χ1n) is 13.5. The van der Waals surface area contributed by atoms with Crippen molar-refractivity contribution in [3.63, 3.8) is 0 Å². The summed E-state index contributed by atoms with van der Waals surface area (Å²) in [5.41, 5.74) is 0.892. The van der Waals surface area contributed by atoms with Crippen LogP contribution in [0.3, 0.4) is 0 Å². The molecular weight excluding hydrogens is 554 g/mol. The summed E-state index contributed by atoms with van der Waals surface area (Å²) < 4.78 is 29.3. The van der Waals surface area contributed by atoms with Gasteiger partial charge in [-0.3, -0.25) is 0 Å². The molecule has 12 heteroatoms. The number of aryl methyl sites for hydroxylation is 2. The largest absolute Gasteiger partial charge is 0.462 e. The Morgan fingerprint density at radius 1 is 1.15 bits per heavy atom. The maximum atomic E-state index is 12.9. The average molecular weight is 590 g/mol. The second kappa shape index (κ2) is 11.3. The fourth-order valence-corrected chi connectivity index (χ4v) is 5.82. The Bertz CT molecular complexity index is 1490. The van der Waals surface area contributed by atoms with E-state index in [0.29, 0.717) is 41.1 Å². The number of aromatic amines is 1. The van der Waals surface area contributed by atoms with Gasteiger partial charge in [0.1, 0.15) is 28.2 Å². The van der Waals surface area contributed by atoms with E-state index in [-0.39, 0.29) is 10.7 Å². The molecule has 5 rings (SSSR count). The number of nitrogens with zero attached hydrogens (tertiary/aromatic N) is 2. The molecule has 4 heterocycles. The first-order valence-corrected chi connectivity index (χ1v) is 13.9. The minimum absolute atomic E-state index is 0.0374. The van der Waals surface area contributed by atoms with E-state index in [9.17, 15) is 14.7 Å². The number of anilines is 1. The number of likely N-dealkylation sites (N-methyl/N-ethyl adjacent to an activating group) is 1. The van der Waals surface area contributed by atoms with Gasteiger partial charge in [-0.2, -0.15) is 0 Å². The monoisotopic (exact) mass is 589 g/mol. The van der Waals surface area contributed by atoms with Crippen molar-refractivity contribution >= 4 is 34.2 Å². The number of rotatable bonds is 6.